The Morgan fingerprint density at radius 3 is 2.64 bits per heavy atom. The van der Waals surface area contributed by atoms with Gasteiger partial charge >= 0.3 is 5.97 Å². The highest BCUT2D eigenvalue weighted by atomic mass is 16.4. The molecule has 2 aromatic heterocycles. The van der Waals surface area contributed by atoms with Gasteiger partial charge in [-0.3, -0.25) is 0 Å². The molecule has 0 radical (unpaired) electrons. The third-order valence-electron chi connectivity index (χ3n) is 1.58. The van der Waals surface area contributed by atoms with Crippen molar-refractivity contribution in [1.82, 2.24) is 20.0 Å². The molecule has 0 aliphatic heterocycles. The van der Waals surface area contributed by atoms with Crippen LogP contribution >= 0.6 is 0 Å². The number of hydrogen-bond acceptors (Lipinski definition) is 4. The lowest BCUT2D eigenvalue weighted by Gasteiger charge is -1.98. The average Bonchev–Trinajstić information content (AvgIpc) is 2.71. The molecule has 1 N–H and O–H groups in total. The highest BCUT2D eigenvalue weighted by molar-refractivity contribution is 5.85. The maximum Gasteiger partial charge on any atom is 0.354 e. The Labute approximate surface area is 78.8 Å². The SMILES string of the molecule is O=C(O)c1cccc(-n2nccn2)n1. The number of pyridine rings is 1. The van der Waals surface area contributed by atoms with Gasteiger partial charge in [-0.05, 0) is 12.1 Å². The molecule has 2 aromatic rings. The summed E-state index contributed by atoms with van der Waals surface area (Å²) >= 11 is 0. The smallest absolute Gasteiger partial charge is 0.354 e. The molecule has 0 fully saturated rings. The second kappa shape index (κ2) is 3.25. The minimum Gasteiger partial charge on any atom is -0.477 e. The zero-order valence-corrected chi connectivity index (χ0v) is 7.03. The molecule has 70 valence electrons. The fourth-order valence-corrected chi connectivity index (χ4v) is 0.988. The van der Waals surface area contributed by atoms with Crippen LogP contribution in [0.25, 0.3) is 5.82 Å². The lowest BCUT2D eigenvalue weighted by Crippen LogP contribution is -2.06. The molecular formula is C8H6N4O2. The summed E-state index contributed by atoms with van der Waals surface area (Å²) in [6.07, 6.45) is 2.99. The number of rotatable bonds is 2. The number of hydrogen-bond donors (Lipinski definition) is 1. The van der Waals surface area contributed by atoms with E-state index >= 15 is 0 Å². The summed E-state index contributed by atoms with van der Waals surface area (Å²) < 4.78 is 0. The van der Waals surface area contributed by atoms with Crippen LogP contribution in [0, 0.1) is 0 Å². The molecule has 0 atom stereocenters. The van der Waals surface area contributed by atoms with Crippen molar-refractivity contribution in [3.8, 4) is 5.82 Å². The number of carboxylic acids is 1. The quantitative estimate of drug-likeness (QED) is 0.739. The standard InChI is InChI=1S/C8H6N4O2/c13-8(14)6-2-1-3-7(11-6)12-9-4-5-10-12/h1-5H,(H,13,14). The molecule has 0 aliphatic rings. The zero-order valence-electron chi connectivity index (χ0n) is 7.03. The summed E-state index contributed by atoms with van der Waals surface area (Å²) in [5.41, 5.74) is -0.0280. The summed E-state index contributed by atoms with van der Waals surface area (Å²) in [6, 6.07) is 4.64. The van der Waals surface area contributed by atoms with Gasteiger partial charge < -0.3 is 5.11 Å². The van der Waals surface area contributed by atoms with E-state index in [1.165, 1.54) is 23.3 Å². The molecular weight excluding hydrogens is 184 g/mol. The van der Waals surface area contributed by atoms with Crippen LogP contribution in [0.3, 0.4) is 0 Å². The van der Waals surface area contributed by atoms with Gasteiger partial charge in [-0.25, -0.2) is 9.78 Å². The maximum atomic E-state index is 10.6. The lowest BCUT2D eigenvalue weighted by atomic mass is 10.3. The van der Waals surface area contributed by atoms with Gasteiger partial charge in [0, 0.05) is 0 Å². The zero-order chi connectivity index (χ0) is 9.97. The van der Waals surface area contributed by atoms with Gasteiger partial charge in [-0.1, -0.05) is 6.07 Å². The minimum atomic E-state index is -1.07. The van der Waals surface area contributed by atoms with Crippen LogP contribution in [-0.4, -0.2) is 31.1 Å². The van der Waals surface area contributed by atoms with E-state index in [0.29, 0.717) is 5.82 Å². The summed E-state index contributed by atoms with van der Waals surface area (Å²) in [7, 11) is 0. The summed E-state index contributed by atoms with van der Waals surface area (Å²) in [6.45, 7) is 0. The summed E-state index contributed by atoms with van der Waals surface area (Å²) in [5, 5.41) is 16.4. The summed E-state index contributed by atoms with van der Waals surface area (Å²) in [5.74, 6) is -0.686. The molecule has 0 unspecified atom stereocenters. The van der Waals surface area contributed by atoms with Gasteiger partial charge in [-0.15, -0.1) is 4.80 Å². The van der Waals surface area contributed by atoms with Crippen LogP contribution in [0.5, 0.6) is 0 Å². The van der Waals surface area contributed by atoms with Crippen molar-refractivity contribution in [2.24, 2.45) is 0 Å². The van der Waals surface area contributed by atoms with Crippen molar-refractivity contribution < 1.29 is 9.90 Å². The molecule has 0 bridgehead atoms. The van der Waals surface area contributed by atoms with Gasteiger partial charge in [0.15, 0.2) is 11.5 Å². The van der Waals surface area contributed by atoms with Gasteiger partial charge in [0.05, 0.1) is 12.4 Å². The molecule has 0 amide bonds. The Hall–Kier alpha value is -2.24. The molecule has 0 saturated carbocycles. The molecule has 0 saturated heterocycles. The van der Waals surface area contributed by atoms with Crippen LogP contribution in [0.4, 0.5) is 0 Å². The van der Waals surface area contributed by atoms with E-state index in [2.05, 4.69) is 15.2 Å². The van der Waals surface area contributed by atoms with E-state index in [0.717, 1.165) is 0 Å². The predicted molar refractivity (Wildman–Crippen MR) is 46.1 cm³/mol. The second-order valence-electron chi connectivity index (χ2n) is 2.50. The first-order chi connectivity index (χ1) is 6.77. The predicted octanol–water partition coefficient (Wildman–Crippen LogP) is 0.360. The second-order valence-corrected chi connectivity index (χ2v) is 2.50. The normalized spacial score (nSPS) is 10.0. The largest absolute Gasteiger partial charge is 0.477 e. The number of aromatic nitrogens is 4. The molecule has 6 heteroatoms. The molecule has 0 aliphatic carbocycles. The Kier molecular flexibility index (Phi) is 1.94. The van der Waals surface area contributed by atoms with Crippen molar-refractivity contribution in [1.29, 1.82) is 0 Å². The number of carbonyl (C=O) groups is 1. The fourth-order valence-electron chi connectivity index (χ4n) is 0.988. The van der Waals surface area contributed by atoms with E-state index in [1.807, 2.05) is 0 Å². The highest BCUT2D eigenvalue weighted by Gasteiger charge is 2.06. The van der Waals surface area contributed by atoms with Gasteiger partial charge in [0.1, 0.15) is 0 Å². The van der Waals surface area contributed by atoms with Crippen LogP contribution in [0.2, 0.25) is 0 Å². The summed E-state index contributed by atoms with van der Waals surface area (Å²) in [4.78, 5) is 15.7. The Balaban J connectivity index is 2.46. The maximum absolute atomic E-state index is 10.6. The van der Waals surface area contributed by atoms with E-state index in [1.54, 1.807) is 12.1 Å². The first kappa shape index (κ1) is 8.36. The van der Waals surface area contributed by atoms with Crippen LogP contribution < -0.4 is 0 Å². The molecule has 0 aromatic carbocycles. The molecule has 14 heavy (non-hydrogen) atoms. The van der Waals surface area contributed by atoms with E-state index in [-0.39, 0.29) is 5.69 Å². The first-order valence-electron chi connectivity index (χ1n) is 3.84. The Morgan fingerprint density at radius 2 is 2.00 bits per heavy atom. The Bertz CT molecular complexity index is 452. The molecule has 2 heterocycles. The van der Waals surface area contributed by atoms with Crippen molar-refractivity contribution in [3.63, 3.8) is 0 Å². The average molecular weight is 190 g/mol. The number of aromatic carboxylic acids is 1. The van der Waals surface area contributed by atoms with Gasteiger partial charge in [0.25, 0.3) is 0 Å². The van der Waals surface area contributed by atoms with Crippen molar-refractivity contribution >= 4 is 5.97 Å². The third kappa shape index (κ3) is 1.45. The third-order valence-corrected chi connectivity index (χ3v) is 1.58. The topological polar surface area (TPSA) is 80.9 Å². The molecule has 6 nitrogen and oxygen atoms in total. The van der Waals surface area contributed by atoms with Crippen molar-refractivity contribution in [2.75, 3.05) is 0 Å². The van der Waals surface area contributed by atoms with Crippen LogP contribution in [0.1, 0.15) is 10.5 Å². The van der Waals surface area contributed by atoms with Crippen LogP contribution in [-0.2, 0) is 0 Å². The molecule has 2 rings (SSSR count). The number of carboxylic acid groups (broad SMARTS) is 1. The molecule has 0 spiro atoms. The van der Waals surface area contributed by atoms with Gasteiger partial charge in [0.2, 0.25) is 0 Å². The van der Waals surface area contributed by atoms with E-state index in [4.69, 9.17) is 5.11 Å². The minimum absolute atomic E-state index is 0.0280. The van der Waals surface area contributed by atoms with Crippen molar-refractivity contribution in [2.45, 2.75) is 0 Å². The Morgan fingerprint density at radius 1 is 1.29 bits per heavy atom. The lowest BCUT2D eigenvalue weighted by molar-refractivity contribution is 0.0690. The first-order valence-corrected chi connectivity index (χ1v) is 3.84. The van der Waals surface area contributed by atoms with E-state index in [9.17, 15) is 4.79 Å². The van der Waals surface area contributed by atoms with E-state index < -0.39 is 5.97 Å². The van der Waals surface area contributed by atoms with Gasteiger partial charge in [-0.2, -0.15) is 10.2 Å². The van der Waals surface area contributed by atoms with Crippen LogP contribution in [0.15, 0.2) is 30.6 Å². The van der Waals surface area contributed by atoms with Crippen molar-refractivity contribution in [3.05, 3.63) is 36.3 Å². The number of nitrogens with zero attached hydrogens (tertiary/aromatic N) is 4. The fraction of sp³-hybridized carbons (Fsp3) is 0. The monoisotopic (exact) mass is 190 g/mol. The highest BCUT2D eigenvalue weighted by Crippen LogP contribution is 2.02.